The number of rotatable bonds is 4. The van der Waals surface area contributed by atoms with Gasteiger partial charge in [-0.2, -0.15) is 9.65 Å². The van der Waals surface area contributed by atoms with Crippen molar-refractivity contribution < 1.29 is 4.55 Å². The van der Waals surface area contributed by atoms with Gasteiger partial charge in [0.25, 0.3) is 0 Å². The van der Waals surface area contributed by atoms with Crippen molar-refractivity contribution in [3.8, 4) is 22.3 Å². The molecule has 152 valence electrons. The fraction of sp³-hybridized carbons (Fsp3) is 0.250. The van der Waals surface area contributed by atoms with E-state index < -0.39 is 11.2 Å². The summed E-state index contributed by atoms with van der Waals surface area (Å²) >= 11 is -0.769. The van der Waals surface area contributed by atoms with Crippen LogP contribution in [0, 0.1) is 0 Å². The van der Waals surface area contributed by atoms with Crippen LogP contribution in [0.15, 0.2) is 72.0 Å². The highest BCUT2D eigenvalue weighted by molar-refractivity contribution is 7.90. The predicted molar refractivity (Wildman–Crippen MR) is 123 cm³/mol. The first kappa shape index (κ1) is 19.3. The molecule has 0 saturated carbocycles. The van der Waals surface area contributed by atoms with E-state index in [4.69, 9.17) is 4.98 Å². The maximum atomic E-state index is 9.91. The summed E-state index contributed by atoms with van der Waals surface area (Å²) in [5.41, 5.74) is 6.33. The van der Waals surface area contributed by atoms with Crippen LogP contribution in [0.3, 0.4) is 0 Å². The van der Waals surface area contributed by atoms with E-state index in [1.807, 2.05) is 47.4 Å². The van der Waals surface area contributed by atoms with E-state index in [1.165, 1.54) is 24.8 Å². The molecule has 1 fully saturated rings. The Hall–Kier alpha value is -2.67. The third-order valence-corrected chi connectivity index (χ3v) is 6.74. The molecule has 1 aliphatic heterocycles. The molecule has 2 aromatic carbocycles. The Labute approximate surface area is 179 Å². The fourth-order valence-corrected chi connectivity index (χ4v) is 4.69. The molecule has 0 aliphatic carbocycles. The van der Waals surface area contributed by atoms with Gasteiger partial charge in [0.1, 0.15) is 6.26 Å². The zero-order valence-corrected chi connectivity index (χ0v) is 17.8. The molecule has 0 radical (unpaired) electrons. The molecular weight excluding hydrogens is 392 g/mol. The monoisotopic (exact) mass is 417 g/mol. The van der Waals surface area contributed by atoms with Gasteiger partial charge in [-0.15, -0.1) is 0 Å². The zero-order valence-electron chi connectivity index (χ0n) is 17.0. The highest BCUT2D eigenvalue weighted by atomic mass is 32.2. The van der Waals surface area contributed by atoms with Gasteiger partial charge in [0.15, 0.2) is 21.7 Å². The summed E-state index contributed by atoms with van der Waals surface area (Å²) < 4.78 is 11.7. The van der Waals surface area contributed by atoms with E-state index in [0.29, 0.717) is 6.04 Å². The van der Waals surface area contributed by atoms with Gasteiger partial charge in [0, 0.05) is 35.6 Å². The van der Waals surface area contributed by atoms with E-state index in [9.17, 15) is 4.55 Å². The quantitative estimate of drug-likeness (QED) is 0.461. The highest BCUT2D eigenvalue weighted by Crippen LogP contribution is 2.29. The first-order valence-electron chi connectivity index (χ1n) is 10.3. The van der Waals surface area contributed by atoms with Crippen LogP contribution in [0.5, 0.6) is 0 Å². The third-order valence-electron chi connectivity index (χ3n) is 5.80. The molecule has 0 spiro atoms. The van der Waals surface area contributed by atoms with Gasteiger partial charge in [-0.25, -0.2) is 9.50 Å². The lowest BCUT2D eigenvalue weighted by molar-refractivity contribution is 0.412. The molecule has 1 saturated heterocycles. The van der Waals surface area contributed by atoms with Crippen molar-refractivity contribution in [1.29, 1.82) is 0 Å². The number of nitrogens with one attached hydrogen (secondary N) is 1. The van der Waals surface area contributed by atoms with Crippen molar-refractivity contribution in [3.05, 3.63) is 72.7 Å². The molecule has 2 aromatic heterocycles. The second-order valence-corrected chi connectivity index (χ2v) is 9.23. The summed E-state index contributed by atoms with van der Waals surface area (Å²) in [5, 5.41) is 8.14. The Kier molecular flexibility index (Phi) is 5.29. The third kappa shape index (κ3) is 3.74. The first-order valence-corrected chi connectivity index (χ1v) is 11.9. The Morgan fingerprint density at radius 3 is 2.67 bits per heavy atom. The van der Waals surface area contributed by atoms with E-state index in [2.05, 4.69) is 34.7 Å². The van der Waals surface area contributed by atoms with Crippen molar-refractivity contribution in [2.24, 2.45) is 0 Å². The van der Waals surface area contributed by atoms with Gasteiger partial charge in [-0.05, 0) is 42.1 Å². The molecule has 4 aromatic rings. The van der Waals surface area contributed by atoms with Gasteiger partial charge >= 0.3 is 0 Å². The Morgan fingerprint density at radius 1 is 1.03 bits per heavy atom. The maximum absolute atomic E-state index is 9.91. The van der Waals surface area contributed by atoms with Gasteiger partial charge in [-0.1, -0.05) is 42.8 Å². The normalized spacial score (nSPS) is 17.9. The largest absolute Gasteiger partial charge is 0.310 e. The van der Waals surface area contributed by atoms with Crippen LogP contribution >= 0.6 is 0 Å². The number of aromatic nitrogens is 3. The molecule has 30 heavy (non-hydrogen) atoms. The Balaban J connectivity index is 1.44. The van der Waals surface area contributed by atoms with Gasteiger partial charge in [0.05, 0.1) is 6.20 Å². The number of benzene rings is 2. The van der Waals surface area contributed by atoms with E-state index >= 15 is 0 Å². The Morgan fingerprint density at radius 2 is 1.90 bits per heavy atom. The molecule has 5 nitrogen and oxygen atoms in total. The van der Waals surface area contributed by atoms with Crippen LogP contribution in [0.1, 0.15) is 30.9 Å². The Bertz CT molecular complexity index is 1160. The summed E-state index contributed by atoms with van der Waals surface area (Å²) in [5.74, 6) is 0. The van der Waals surface area contributed by atoms with Gasteiger partial charge in [-0.3, -0.25) is 0 Å². The smallest absolute Gasteiger partial charge is 0.190 e. The van der Waals surface area contributed by atoms with Crippen LogP contribution in [0.25, 0.3) is 27.9 Å². The fourth-order valence-electron chi connectivity index (χ4n) is 4.12. The minimum Gasteiger partial charge on any atom is -0.310 e. The molecule has 0 bridgehead atoms. The van der Waals surface area contributed by atoms with Crippen molar-refractivity contribution in [3.63, 3.8) is 0 Å². The molecule has 0 amide bonds. The maximum Gasteiger partial charge on any atom is 0.190 e. The summed E-state index contributed by atoms with van der Waals surface area (Å²) in [7, 11) is 0. The second-order valence-electron chi connectivity index (χ2n) is 7.80. The molecule has 1 aliphatic rings. The molecule has 5 rings (SSSR count). The van der Waals surface area contributed by atoms with Crippen LogP contribution < -0.4 is 5.32 Å². The van der Waals surface area contributed by atoms with Crippen LogP contribution in [-0.4, -0.2) is 32.0 Å². The van der Waals surface area contributed by atoms with Crippen LogP contribution in [0.4, 0.5) is 0 Å². The number of nitrogens with zero attached hydrogens (tertiary/aromatic N) is 3. The summed E-state index contributed by atoms with van der Waals surface area (Å²) in [6.07, 6.45) is 11.4. The molecule has 2 N–H and O–H groups in total. The molecule has 2 unspecified atom stereocenters. The topological polar surface area (TPSA) is 62.5 Å². The summed E-state index contributed by atoms with van der Waals surface area (Å²) in [6.45, 7) is 1.11. The lowest BCUT2D eigenvalue weighted by Gasteiger charge is -2.24. The number of piperidine rings is 1. The van der Waals surface area contributed by atoms with Crippen molar-refractivity contribution in [1.82, 2.24) is 19.9 Å². The van der Waals surface area contributed by atoms with Crippen molar-refractivity contribution in [2.75, 3.05) is 12.8 Å². The SMILES string of the molecule is C[S+](O)c1cccc(-c2cnn3cc(-c4ccc(C5CCCCN5)cc4)cnc23)c1. The van der Waals surface area contributed by atoms with Gasteiger partial charge in [0.2, 0.25) is 0 Å². The standard InChI is InChI=1S/C24H25N4OS/c1-30(29)21-6-4-5-19(13-21)22-15-27-28-16-20(14-26-24(22)28)17-8-10-18(11-9-17)23-7-2-3-12-25-23/h4-6,8-11,13-16,23,25,29H,2-3,7,12H2,1H3/q+1. The zero-order chi connectivity index (χ0) is 20.5. The van der Waals surface area contributed by atoms with Gasteiger partial charge < -0.3 is 5.32 Å². The summed E-state index contributed by atoms with van der Waals surface area (Å²) in [4.78, 5) is 5.62. The van der Waals surface area contributed by atoms with E-state index in [-0.39, 0.29) is 0 Å². The van der Waals surface area contributed by atoms with E-state index in [1.54, 1.807) is 6.26 Å². The average molecular weight is 418 g/mol. The number of hydrogen-bond donors (Lipinski definition) is 2. The lowest BCUT2D eigenvalue weighted by Crippen LogP contribution is -2.26. The number of hydrogen-bond acceptors (Lipinski definition) is 4. The minimum absolute atomic E-state index is 0.472. The second kappa shape index (κ2) is 8.22. The first-order chi connectivity index (χ1) is 14.7. The van der Waals surface area contributed by atoms with Crippen LogP contribution in [0.2, 0.25) is 0 Å². The average Bonchev–Trinajstić information content (AvgIpc) is 3.23. The highest BCUT2D eigenvalue weighted by Gasteiger charge is 2.16. The number of fused-ring (bicyclic) bond motifs is 1. The van der Waals surface area contributed by atoms with Crippen molar-refractivity contribution >= 4 is 16.8 Å². The van der Waals surface area contributed by atoms with E-state index in [0.717, 1.165) is 39.3 Å². The molecule has 3 heterocycles. The molecule has 6 heteroatoms. The predicted octanol–water partition coefficient (Wildman–Crippen LogP) is 4.96. The lowest BCUT2D eigenvalue weighted by atomic mass is 9.96. The van der Waals surface area contributed by atoms with Crippen molar-refractivity contribution in [2.45, 2.75) is 30.2 Å². The minimum atomic E-state index is -0.769. The molecular formula is C24H25N4OS+. The summed E-state index contributed by atoms with van der Waals surface area (Å²) in [6, 6.07) is 17.2. The van der Waals surface area contributed by atoms with Crippen LogP contribution in [-0.2, 0) is 11.2 Å². The molecule has 2 atom stereocenters.